The molecule has 3 N–H and O–H groups in total. The Labute approximate surface area is 204 Å². The third-order valence-electron chi connectivity index (χ3n) is 4.59. The van der Waals surface area contributed by atoms with Gasteiger partial charge in [-0.15, -0.1) is 24.0 Å². The Morgan fingerprint density at radius 2 is 1.81 bits per heavy atom. The predicted molar refractivity (Wildman–Crippen MR) is 137 cm³/mol. The fourth-order valence-corrected chi connectivity index (χ4v) is 3.20. The Morgan fingerprint density at radius 3 is 2.45 bits per heavy atom. The largest absolute Gasteiger partial charge is 0.444 e. The van der Waals surface area contributed by atoms with E-state index in [2.05, 4.69) is 36.9 Å². The van der Waals surface area contributed by atoms with Crippen molar-refractivity contribution < 1.29 is 9.53 Å². The molecule has 0 unspecified atom stereocenters. The van der Waals surface area contributed by atoms with Crippen molar-refractivity contribution >= 4 is 41.8 Å². The molecule has 8 nitrogen and oxygen atoms in total. The SMILES string of the molecule is CCNC(=NCc1ccnc(N2CCCCCC2)c1)NCCNC(=O)OC(C)(C)C.I. The minimum absolute atomic E-state index is 0. The number of nitrogens with zero attached hydrogens (tertiary/aromatic N) is 3. The number of hydrogen-bond donors (Lipinski definition) is 3. The van der Waals surface area contributed by atoms with Gasteiger partial charge in [-0.1, -0.05) is 12.8 Å². The molecule has 1 aromatic heterocycles. The smallest absolute Gasteiger partial charge is 0.407 e. The van der Waals surface area contributed by atoms with Gasteiger partial charge in [-0.2, -0.15) is 0 Å². The van der Waals surface area contributed by atoms with Gasteiger partial charge in [0.2, 0.25) is 0 Å². The van der Waals surface area contributed by atoms with Crippen LogP contribution >= 0.6 is 24.0 Å². The Bertz CT molecular complexity index is 685. The van der Waals surface area contributed by atoms with Crippen molar-refractivity contribution in [3.63, 3.8) is 0 Å². The number of aromatic nitrogens is 1. The molecule has 0 aliphatic carbocycles. The number of aliphatic imine (C=N–C) groups is 1. The first kappa shape index (κ1) is 27.3. The van der Waals surface area contributed by atoms with Crippen LogP contribution in [-0.4, -0.2) is 55.4 Å². The van der Waals surface area contributed by atoms with E-state index in [1.54, 1.807) is 0 Å². The molecule has 1 amide bonds. The summed E-state index contributed by atoms with van der Waals surface area (Å²) in [5.41, 5.74) is 0.637. The lowest BCUT2D eigenvalue weighted by Gasteiger charge is -2.21. The topological polar surface area (TPSA) is 90.9 Å². The molecule has 1 saturated heterocycles. The van der Waals surface area contributed by atoms with E-state index in [1.807, 2.05) is 40.0 Å². The summed E-state index contributed by atoms with van der Waals surface area (Å²) in [6.45, 7) is 12.1. The highest BCUT2D eigenvalue weighted by Crippen LogP contribution is 2.18. The van der Waals surface area contributed by atoms with Crippen molar-refractivity contribution in [3.8, 4) is 0 Å². The van der Waals surface area contributed by atoms with Crippen LogP contribution in [0.15, 0.2) is 23.3 Å². The van der Waals surface area contributed by atoms with Crippen molar-refractivity contribution in [2.45, 2.75) is 65.5 Å². The lowest BCUT2D eigenvalue weighted by atomic mass is 10.2. The first-order chi connectivity index (χ1) is 14.4. The van der Waals surface area contributed by atoms with Crippen LogP contribution in [0, 0.1) is 0 Å². The van der Waals surface area contributed by atoms with Crippen LogP contribution in [0.1, 0.15) is 58.9 Å². The molecule has 1 aliphatic rings. The number of halogens is 1. The van der Waals surface area contributed by atoms with Crippen molar-refractivity contribution in [1.82, 2.24) is 20.9 Å². The molecule has 0 radical (unpaired) electrons. The molecule has 0 aromatic carbocycles. The van der Waals surface area contributed by atoms with Gasteiger partial charge in [-0.05, 0) is 58.2 Å². The van der Waals surface area contributed by atoms with Crippen LogP contribution in [0.25, 0.3) is 0 Å². The molecular weight excluding hydrogens is 507 g/mol. The quantitative estimate of drug-likeness (QED) is 0.209. The van der Waals surface area contributed by atoms with E-state index in [4.69, 9.17) is 4.74 Å². The fraction of sp³-hybridized carbons (Fsp3) is 0.682. The van der Waals surface area contributed by atoms with Gasteiger partial charge < -0.3 is 25.6 Å². The molecule has 2 heterocycles. The van der Waals surface area contributed by atoms with Crippen LogP contribution < -0.4 is 20.9 Å². The Morgan fingerprint density at radius 1 is 1.13 bits per heavy atom. The second-order valence-electron chi connectivity index (χ2n) is 8.47. The minimum Gasteiger partial charge on any atom is -0.444 e. The van der Waals surface area contributed by atoms with E-state index < -0.39 is 11.7 Å². The van der Waals surface area contributed by atoms with Crippen LogP contribution in [0.3, 0.4) is 0 Å². The van der Waals surface area contributed by atoms with Crippen molar-refractivity contribution in [2.75, 3.05) is 37.6 Å². The summed E-state index contributed by atoms with van der Waals surface area (Å²) in [6.07, 6.45) is 6.54. The Balaban J connectivity index is 0.00000480. The maximum absolute atomic E-state index is 11.7. The third-order valence-corrected chi connectivity index (χ3v) is 4.59. The Hall–Kier alpha value is -1.78. The van der Waals surface area contributed by atoms with Crippen LogP contribution in [-0.2, 0) is 11.3 Å². The van der Waals surface area contributed by atoms with Gasteiger partial charge in [0.25, 0.3) is 0 Å². The number of amides is 1. The first-order valence-electron chi connectivity index (χ1n) is 11.1. The molecule has 1 aliphatic heterocycles. The molecule has 9 heteroatoms. The number of hydrogen-bond acceptors (Lipinski definition) is 5. The highest BCUT2D eigenvalue weighted by molar-refractivity contribution is 14.0. The van der Waals surface area contributed by atoms with Crippen LogP contribution in [0.2, 0.25) is 0 Å². The van der Waals surface area contributed by atoms with Gasteiger partial charge in [0.1, 0.15) is 11.4 Å². The predicted octanol–water partition coefficient (Wildman–Crippen LogP) is 3.66. The molecular formula is C22H39IN6O2. The minimum atomic E-state index is -0.495. The van der Waals surface area contributed by atoms with E-state index in [1.165, 1.54) is 25.7 Å². The molecule has 0 saturated carbocycles. The normalized spacial score (nSPS) is 14.8. The number of ether oxygens (including phenoxy) is 1. The molecule has 1 aromatic rings. The standard InChI is InChI=1S/C22H38N6O2.HI/c1-5-23-20(25-12-13-26-21(29)30-22(2,3)4)27-17-18-10-11-24-19(16-18)28-14-8-6-7-9-15-28;/h10-11,16H,5-9,12-15,17H2,1-4H3,(H,26,29)(H2,23,25,27);1H. The number of carbonyl (C=O) groups excluding carboxylic acids is 1. The fourth-order valence-electron chi connectivity index (χ4n) is 3.20. The summed E-state index contributed by atoms with van der Waals surface area (Å²) in [6, 6.07) is 4.15. The highest BCUT2D eigenvalue weighted by atomic mass is 127. The lowest BCUT2D eigenvalue weighted by molar-refractivity contribution is 0.0529. The molecule has 2 rings (SSSR count). The summed E-state index contributed by atoms with van der Waals surface area (Å²) in [5.74, 6) is 1.76. The number of pyridine rings is 1. The van der Waals surface area contributed by atoms with Crippen molar-refractivity contribution in [1.29, 1.82) is 0 Å². The molecule has 0 spiro atoms. The number of guanidine groups is 1. The van der Waals surface area contributed by atoms with Gasteiger partial charge in [0, 0.05) is 38.9 Å². The van der Waals surface area contributed by atoms with E-state index in [0.717, 1.165) is 37.0 Å². The lowest BCUT2D eigenvalue weighted by Crippen LogP contribution is -2.42. The number of alkyl carbamates (subject to hydrolysis) is 1. The Kier molecular flexibility index (Phi) is 12.6. The van der Waals surface area contributed by atoms with Crippen LogP contribution in [0.5, 0.6) is 0 Å². The second-order valence-corrected chi connectivity index (χ2v) is 8.47. The van der Waals surface area contributed by atoms with E-state index in [-0.39, 0.29) is 24.0 Å². The van der Waals surface area contributed by atoms with E-state index in [9.17, 15) is 4.79 Å². The summed E-state index contributed by atoms with van der Waals surface area (Å²) >= 11 is 0. The highest BCUT2D eigenvalue weighted by Gasteiger charge is 2.15. The summed E-state index contributed by atoms with van der Waals surface area (Å²) in [4.78, 5) is 23.3. The average molecular weight is 546 g/mol. The molecule has 1 fully saturated rings. The summed E-state index contributed by atoms with van der Waals surface area (Å²) < 4.78 is 5.23. The van der Waals surface area contributed by atoms with Gasteiger partial charge in [-0.3, -0.25) is 0 Å². The molecule has 0 bridgehead atoms. The van der Waals surface area contributed by atoms with Gasteiger partial charge in [0.15, 0.2) is 5.96 Å². The van der Waals surface area contributed by atoms with Crippen molar-refractivity contribution in [3.05, 3.63) is 23.9 Å². The number of anilines is 1. The zero-order valence-corrected chi connectivity index (χ0v) is 21.7. The second kappa shape index (κ2) is 14.3. The van der Waals surface area contributed by atoms with Crippen LogP contribution in [0.4, 0.5) is 10.6 Å². The average Bonchev–Trinajstić information content (AvgIpc) is 2.98. The number of rotatable bonds is 7. The monoisotopic (exact) mass is 546 g/mol. The van der Waals surface area contributed by atoms with E-state index in [0.29, 0.717) is 19.6 Å². The third kappa shape index (κ3) is 11.4. The zero-order chi connectivity index (χ0) is 21.8. The van der Waals surface area contributed by atoms with Gasteiger partial charge >= 0.3 is 6.09 Å². The number of carbonyl (C=O) groups is 1. The molecule has 176 valence electrons. The molecule has 0 atom stereocenters. The zero-order valence-electron chi connectivity index (χ0n) is 19.4. The van der Waals surface area contributed by atoms with E-state index >= 15 is 0 Å². The molecule has 31 heavy (non-hydrogen) atoms. The van der Waals surface area contributed by atoms with Crippen molar-refractivity contribution in [2.24, 2.45) is 4.99 Å². The maximum Gasteiger partial charge on any atom is 0.407 e. The summed E-state index contributed by atoms with van der Waals surface area (Å²) in [7, 11) is 0. The van der Waals surface area contributed by atoms with Gasteiger partial charge in [0.05, 0.1) is 6.54 Å². The van der Waals surface area contributed by atoms with Gasteiger partial charge in [-0.25, -0.2) is 14.8 Å². The first-order valence-corrected chi connectivity index (χ1v) is 11.1. The summed E-state index contributed by atoms with van der Waals surface area (Å²) in [5, 5.41) is 9.21. The maximum atomic E-state index is 11.7. The number of nitrogens with one attached hydrogen (secondary N) is 3.